The molecule has 1 unspecified atom stereocenters. The van der Waals surface area contributed by atoms with E-state index in [4.69, 9.17) is 9.41 Å². The number of amidine groups is 1. The Labute approximate surface area is 328 Å². The van der Waals surface area contributed by atoms with Crippen LogP contribution in [0, 0.1) is 0 Å². The van der Waals surface area contributed by atoms with Gasteiger partial charge >= 0.3 is 0 Å². The number of aromatic nitrogens is 2. The third-order valence-electron chi connectivity index (χ3n) is 11.5. The number of para-hydroxylation sites is 3. The van der Waals surface area contributed by atoms with Crippen molar-refractivity contribution >= 4 is 77.1 Å². The molecule has 0 aliphatic carbocycles. The monoisotopic (exact) mass is 730 g/mol. The molecule has 4 heterocycles. The summed E-state index contributed by atoms with van der Waals surface area (Å²) in [6.45, 7) is 0. The maximum Gasteiger partial charge on any atom is 0.137 e. The van der Waals surface area contributed by atoms with Gasteiger partial charge in [-0.05, 0) is 71.8 Å². The first-order chi connectivity index (χ1) is 28.3. The van der Waals surface area contributed by atoms with Crippen molar-refractivity contribution in [2.24, 2.45) is 4.99 Å². The molecule has 11 aromatic rings. The fraction of sp³-hybridized carbons (Fsp3) is 0.0192. The number of nitrogens with zero attached hydrogens (tertiary/aromatic N) is 3. The van der Waals surface area contributed by atoms with Crippen molar-refractivity contribution in [2.45, 2.75) is 6.04 Å². The maximum absolute atomic E-state index is 6.68. The minimum atomic E-state index is -0.0439. The molecule has 1 N–H and O–H groups in total. The zero-order valence-corrected chi connectivity index (χ0v) is 30.8. The molecule has 1 aliphatic heterocycles. The van der Waals surface area contributed by atoms with Crippen molar-refractivity contribution in [3.05, 3.63) is 211 Å². The Hall–Kier alpha value is -7.63. The van der Waals surface area contributed by atoms with Gasteiger partial charge in [-0.15, -0.1) is 0 Å². The molecule has 5 heteroatoms. The van der Waals surface area contributed by atoms with Crippen LogP contribution < -0.4 is 5.32 Å². The Morgan fingerprint density at radius 1 is 0.474 bits per heavy atom. The van der Waals surface area contributed by atoms with E-state index in [1.54, 1.807) is 0 Å². The molecule has 1 aliphatic rings. The van der Waals surface area contributed by atoms with E-state index in [0.29, 0.717) is 0 Å². The highest BCUT2D eigenvalue weighted by molar-refractivity contribution is 6.25. The van der Waals surface area contributed by atoms with Gasteiger partial charge in [0.25, 0.3) is 0 Å². The Morgan fingerprint density at radius 3 is 1.84 bits per heavy atom. The summed E-state index contributed by atoms with van der Waals surface area (Å²) >= 11 is 0. The van der Waals surface area contributed by atoms with E-state index in [1.807, 2.05) is 6.07 Å². The predicted molar refractivity (Wildman–Crippen MR) is 236 cm³/mol. The molecule has 1 atom stereocenters. The molecule has 0 saturated carbocycles. The molecular formula is C52H34N4O. The van der Waals surface area contributed by atoms with Crippen molar-refractivity contribution in [2.75, 3.05) is 0 Å². The number of hydrogen-bond acceptors (Lipinski definition) is 3. The van der Waals surface area contributed by atoms with E-state index in [-0.39, 0.29) is 6.04 Å². The van der Waals surface area contributed by atoms with Gasteiger partial charge in [0.15, 0.2) is 0 Å². The van der Waals surface area contributed by atoms with Crippen LogP contribution in [0.15, 0.2) is 204 Å². The largest absolute Gasteiger partial charge is 0.456 e. The second-order valence-electron chi connectivity index (χ2n) is 14.8. The Bertz CT molecular complexity index is 3420. The van der Waals surface area contributed by atoms with E-state index in [0.717, 1.165) is 67.0 Å². The van der Waals surface area contributed by atoms with Gasteiger partial charge in [0.05, 0.1) is 44.9 Å². The van der Waals surface area contributed by atoms with Crippen LogP contribution in [0.5, 0.6) is 0 Å². The molecule has 0 saturated heterocycles. The van der Waals surface area contributed by atoms with Crippen molar-refractivity contribution in [3.8, 4) is 11.4 Å². The summed E-state index contributed by atoms with van der Waals surface area (Å²) < 4.78 is 11.6. The summed E-state index contributed by atoms with van der Waals surface area (Å²) in [7, 11) is 0. The predicted octanol–water partition coefficient (Wildman–Crippen LogP) is 12.9. The Balaban J connectivity index is 1.13. The van der Waals surface area contributed by atoms with Crippen LogP contribution >= 0.6 is 0 Å². The third kappa shape index (κ3) is 4.85. The van der Waals surface area contributed by atoms with E-state index in [2.05, 4.69) is 203 Å². The summed E-state index contributed by atoms with van der Waals surface area (Å²) in [5.41, 5.74) is 12.7. The molecule has 5 nitrogen and oxygen atoms in total. The topological polar surface area (TPSA) is 47.4 Å². The van der Waals surface area contributed by atoms with Gasteiger partial charge in [0, 0.05) is 38.2 Å². The Kier molecular flexibility index (Phi) is 6.92. The minimum Gasteiger partial charge on any atom is -0.456 e. The van der Waals surface area contributed by atoms with Gasteiger partial charge in [-0.3, -0.25) is 0 Å². The van der Waals surface area contributed by atoms with Crippen LogP contribution in [0.3, 0.4) is 0 Å². The lowest BCUT2D eigenvalue weighted by atomic mass is 10.00. The van der Waals surface area contributed by atoms with Gasteiger partial charge in [-0.1, -0.05) is 133 Å². The van der Waals surface area contributed by atoms with E-state index >= 15 is 0 Å². The van der Waals surface area contributed by atoms with Crippen LogP contribution in [-0.2, 0) is 0 Å². The first-order valence-corrected chi connectivity index (χ1v) is 19.4. The summed E-state index contributed by atoms with van der Waals surface area (Å²) in [5.74, 6) is 0.824. The first-order valence-electron chi connectivity index (χ1n) is 19.4. The van der Waals surface area contributed by atoms with Crippen molar-refractivity contribution < 1.29 is 4.42 Å². The lowest BCUT2D eigenvalue weighted by Crippen LogP contribution is -2.31. The first kappa shape index (κ1) is 31.7. The molecular weight excluding hydrogens is 697 g/mol. The van der Waals surface area contributed by atoms with E-state index < -0.39 is 0 Å². The van der Waals surface area contributed by atoms with Gasteiger partial charge in [-0.25, -0.2) is 4.99 Å². The van der Waals surface area contributed by atoms with Crippen LogP contribution in [0.1, 0.15) is 22.7 Å². The van der Waals surface area contributed by atoms with Crippen molar-refractivity contribution in [3.63, 3.8) is 0 Å². The molecule has 0 bridgehead atoms. The number of fused-ring (bicyclic) bond motifs is 10. The maximum atomic E-state index is 6.68. The van der Waals surface area contributed by atoms with Crippen LogP contribution in [0.4, 0.5) is 0 Å². The van der Waals surface area contributed by atoms with Gasteiger partial charge in [-0.2, -0.15) is 0 Å². The smallest absolute Gasteiger partial charge is 0.137 e. The van der Waals surface area contributed by atoms with Crippen molar-refractivity contribution in [1.29, 1.82) is 0 Å². The number of nitrogens with one attached hydrogen (secondary N) is 1. The highest BCUT2D eigenvalue weighted by Crippen LogP contribution is 2.44. The number of rotatable bonds is 5. The average Bonchev–Trinajstić information content (AvgIpc) is 3.95. The minimum absolute atomic E-state index is 0.0439. The van der Waals surface area contributed by atoms with E-state index in [9.17, 15) is 0 Å². The molecule has 0 amide bonds. The summed E-state index contributed by atoms with van der Waals surface area (Å²) in [5, 5.41) is 10.7. The summed E-state index contributed by atoms with van der Waals surface area (Å²) in [6.07, 6.45) is 2.22. The molecule has 0 spiro atoms. The molecule has 0 fully saturated rings. The highest BCUT2D eigenvalue weighted by Gasteiger charge is 2.25. The number of aliphatic imine (C=N–C) groups is 1. The zero-order chi connectivity index (χ0) is 37.5. The normalized spacial score (nSPS) is 14.5. The quantitative estimate of drug-likeness (QED) is 0.192. The van der Waals surface area contributed by atoms with Crippen LogP contribution in [0.2, 0.25) is 0 Å². The lowest BCUT2D eigenvalue weighted by Gasteiger charge is -2.24. The Morgan fingerprint density at radius 2 is 1.11 bits per heavy atom. The summed E-state index contributed by atoms with van der Waals surface area (Å²) in [6, 6.07) is 66.7. The molecule has 0 radical (unpaired) electrons. The standard InChI is InChI=1S/C52H34N4O/c1-4-15-33(16-5-1)42-32-43(34-17-6-2-7-18-34)54-52(53-42)35-27-30-47-41(31-35)49-46(25-14-26-48(49)57-47)56-45-24-13-11-22-38(45)40-29-28-39-37-21-10-12-23-44(37)55(50(39)51(40)56)36-19-8-3-9-20-36/h1-32,42H,(H,53,54). The number of hydrogen-bond donors (Lipinski definition) is 1. The van der Waals surface area contributed by atoms with Gasteiger partial charge < -0.3 is 18.9 Å². The lowest BCUT2D eigenvalue weighted by molar-refractivity contribution is 0.669. The fourth-order valence-electron chi connectivity index (χ4n) is 9.03. The number of benzene rings is 8. The fourth-order valence-corrected chi connectivity index (χ4v) is 9.03. The SMILES string of the molecule is C1=C(c2ccccc2)N=C(c2ccc3oc4cccc(-n5c6ccccc6c6ccc7c8ccccc8n(-c8ccccc8)c7c65)c4c3c2)NC1c1ccccc1. The van der Waals surface area contributed by atoms with E-state index in [1.165, 1.54) is 38.1 Å². The molecule has 8 aromatic carbocycles. The van der Waals surface area contributed by atoms with Gasteiger partial charge in [0.2, 0.25) is 0 Å². The van der Waals surface area contributed by atoms with Crippen LogP contribution in [-0.4, -0.2) is 15.0 Å². The second-order valence-corrected chi connectivity index (χ2v) is 14.8. The second kappa shape index (κ2) is 12.4. The molecule has 3 aromatic heterocycles. The summed E-state index contributed by atoms with van der Waals surface area (Å²) in [4.78, 5) is 5.24. The molecule has 57 heavy (non-hydrogen) atoms. The molecule has 268 valence electrons. The van der Waals surface area contributed by atoms with Gasteiger partial charge in [0.1, 0.15) is 17.0 Å². The highest BCUT2D eigenvalue weighted by atomic mass is 16.3. The number of furan rings is 1. The molecule has 12 rings (SSSR count). The third-order valence-corrected chi connectivity index (χ3v) is 11.5. The zero-order valence-electron chi connectivity index (χ0n) is 30.8. The van der Waals surface area contributed by atoms with Crippen molar-refractivity contribution in [1.82, 2.24) is 14.5 Å². The van der Waals surface area contributed by atoms with Crippen LogP contribution in [0.25, 0.3) is 82.6 Å². The average molecular weight is 731 g/mol.